The van der Waals surface area contributed by atoms with E-state index in [0.29, 0.717) is 28.0 Å². The Morgan fingerprint density at radius 1 is 0.975 bits per heavy atom. The number of aromatic nitrogens is 1. The van der Waals surface area contributed by atoms with Gasteiger partial charge in [-0.05, 0) is 86.3 Å². The second kappa shape index (κ2) is 11.4. The van der Waals surface area contributed by atoms with Crippen LogP contribution in [0.3, 0.4) is 0 Å². The van der Waals surface area contributed by atoms with Crippen LogP contribution in [-0.2, 0) is 6.54 Å². The van der Waals surface area contributed by atoms with Crippen molar-refractivity contribution in [3.8, 4) is 17.2 Å². The lowest BCUT2D eigenvalue weighted by molar-refractivity contribution is 0.0710. The first-order valence-electron chi connectivity index (χ1n) is 14.0. The Labute approximate surface area is 234 Å². The molecule has 2 fully saturated rings. The predicted molar refractivity (Wildman–Crippen MR) is 155 cm³/mol. The highest BCUT2D eigenvalue weighted by Gasteiger charge is 2.32. The third kappa shape index (κ3) is 5.41. The number of pyridine rings is 1. The number of benzene rings is 3. The number of fused-ring (bicyclic) bond motifs is 1. The Kier molecular flexibility index (Phi) is 7.43. The number of likely N-dealkylation sites (tertiary alicyclic amines) is 2. The van der Waals surface area contributed by atoms with Gasteiger partial charge < -0.3 is 15.1 Å². The van der Waals surface area contributed by atoms with Crippen LogP contribution in [0.2, 0.25) is 0 Å². The van der Waals surface area contributed by atoms with Crippen molar-refractivity contribution >= 4 is 22.6 Å². The van der Waals surface area contributed by atoms with Crippen LogP contribution in [0.5, 0.6) is 0 Å². The first-order valence-corrected chi connectivity index (χ1v) is 14.0. The molecule has 4 aromatic rings. The average molecular weight is 534 g/mol. The molecule has 1 atom stereocenters. The maximum absolute atomic E-state index is 14.3. The first-order chi connectivity index (χ1) is 19.6. The number of rotatable bonds is 7. The van der Waals surface area contributed by atoms with E-state index in [1.165, 1.54) is 18.9 Å². The summed E-state index contributed by atoms with van der Waals surface area (Å²) in [4.78, 5) is 23.5. The molecule has 7 heteroatoms. The molecule has 1 aromatic heterocycles. The molecule has 3 aromatic carbocycles. The molecule has 2 aliphatic heterocycles. The lowest BCUT2D eigenvalue weighted by atomic mass is 9.99. The summed E-state index contributed by atoms with van der Waals surface area (Å²) in [6, 6.07) is 24.2. The number of carbonyl (C=O) groups is 1. The van der Waals surface area contributed by atoms with Crippen molar-refractivity contribution < 1.29 is 9.18 Å². The molecule has 3 heterocycles. The fraction of sp³-hybridized carbons (Fsp3) is 0.303. The number of hydrogen-bond acceptors (Lipinski definition) is 5. The first kappa shape index (κ1) is 26.0. The van der Waals surface area contributed by atoms with Crippen LogP contribution >= 0.6 is 0 Å². The van der Waals surface area contributed by atoms with Crippen molar-refractivity contribution in [1.29, 1.82) is 5.26 Å². The van der Waals surface area contributed by atoms with Gasteiger partial charge in [-0.2, -0.15) is 5.26 Å². The van der Waals surface area contributed by atoms with Crippen LogP contribution in [-0.4, -0.2) is 52.9 Å². The molecule has 0 spiro atoms. The number of nitriles is 1. The standard InChI is InChI=1S/C33H32FN5O/c34-30-8-2-1-6-26(30)21-36-32-19-29(33(40)39-17-5-7-27(39)22-38-15-3-4-16-38)28-18-25(13-14-31(28)37-32)24-11-9-23(20-35)10-12-24/h1-2,6,8-14,18-19,27H,3-5,7,15-17,21-22H2,(H,36,37)/t27-/m0/s1. The molecule has 202 valence electrons. The summed E-state index contributed by atoms with van der Waals surface area (Å²) in [5.41, 5.74) is 4.37. The highest BCUT2D eigenvalue weighted by molar-refractivity contribution is 6.08. The van der Waals surface area contributed by atoms with Crippen LogP contribution in [0.4, 0.5) is 10.2 Å². The monoisotopic (exact) mass is 533 g/mol. The third-order valence-corrected chi connectivity index (χ3v) is 8.11. The molecule has 0 unspecified atom stereocenters. The lowest BCUT2D eigenvalue weighted by Crippen LogP contribution is -2.42. The molecule has 2 aliphatic rings. The van der Waals surface area contributed by atoms with E-state index in [2.05, 4.69) is 16.3 Å². The molecule has 1 N–H and O–H groups in total. The molecule has 40 heavy (non-hydrogen) atoms. The summed E-state index contributed by atoms with van der Waals surface area (Å²) in [6.07, 6.45) is 4.47. The van der Waals surface area contributed by atoms with E-state index < -0.39 is 0 Å². The number of hydrogen-bond donors (Lipinski definition) is 1. The zero-order chi connectivity index (χ0) is 27.5. The SMILES string of the molecule is N#Cc1ccc(-c2ccc3nc(NCc4ccccc4F)cc(C(=O)N4CCC[C@H]4CN4CCCC4)c3c2)cc1. The number of carbonyl (C=O) groups excluding carboxylic acids is 1. The van der Waals surface area contributed by atoms with Crippen molar-refractivity contribution in [3.05, 3.63) is 95.3 Å². The second-order valence-electron chi connectivity index (χ2n) is 10.7. The molecule has 6 nitrogen and oxygen atoms in total. The van der Waals surface area contributed by atoms with Gasteiger partial charge in [-0.25, -0.2) is 9.37 Å². The largest absolute Gasteiger partial charge is 0.366 e. The van der Waals surface area contributed by atoms with Gasteiger partial charge in [0.15, 0.2) is 0 Å². The minimum absolute atomic E-state index is 0.0139. The topological polar surface area (TPSA) is 72.3 Å². The Hall–Kier alpha value is -4.28. The number of amides is 1. The minimum Gasteiger partial charge on any atom is -0.366 e. The quantitative estimate of drug-likeness (QED) is 0.305. The average Bonchev–Trinajstić information content (AvgIpc) is 3.68. The Bertz CT molecular complexity index is 1570. The predicted octanol–water partition coefficient (Wildman–Crippen LogP) is 6.23. The van der Waals surface area contributed by atoms with Crippen molar-refractivity contribution in [2.24, 2.45) is 0 Å². The van der Waals surface area contributed by atoms with E-state index in [4.69, 9.17) is 4.98 Å². The van der Waals surface area contributed by atoms with Gasteiger partial charge >= 0.3 is 0 Å². The molecular formula is C33H32FN5O. The maximum Gasteiger partial charge on any atom is 0.254 e. The summed E-state index contributed by atoms with van der Waals surface area (Å²) >= 11 is 0. The molecule has 0 bridgehead atoms. The third-order valence-electron chi connectivity index (χ3n) is 8.11. The van der Waals surface area contributed by atoms with Gasteiger partial charge in [0.25, 0.3) is 5.91 Å². The Balaban J connectivity index is 1.37. The van der Waals surface area contributed by atoms with Gasteiger partial charge in [0.1, 0.15) is 11.6 Å². The number of nitrogens with zero attached hydrogens (tertiary/aromatic N) is 4. The summed E-state index contributed by atoms with van der Waals surface area (Å²) < 4.78 is 14.3. The van der Waals surface area contributed by atoms with Gasteiger partial charge in [0.2, 0.25) is 0 Å². The highest BCUT2D eigenvalue weighted by atomic mass is 19.1. The van der Waals surface area contributed by atoms with E-state index in [0.717, 1.165) is 55.5 Å². The van der Waals surface area contributed by atoms with Crippen molar-refractivity contribution in [2.45, 2.75) is 38.3 Å². The van der Waals surface area contributed by atoms with E-state index >= 15 is 0 Å². The fourth-order valence-electron chi connectivity index (χ4n) is 5.95. The van der Waals surface area contributed by atoms with E-state index in [9.17, 15) is 14.4 Å². The van der Waals surface area contributed by atoms with Crippen LogP contribution in [0.15, 0.2) is 72.8 Å². The summed E-state index contributed by atoms with van der Waals surface area (Å²) in [7, 11) is 0. The zero-order valence-electron chi connectivity index (χ0n) is 22.4. The molecule has 0 aliphatic carbocycles. The fourth-order valence-corrected chi connectivity index (χ4v) is 5.95. The normalized spacial score (nSPS) is 17.3. The van der Waals surface area contributed by atoms with Gasteiger partial charge in [-0.15, -0.1) is 0 Å². The second-order valence-corrected chi connectivity index (χ2v) is 10.7. The maximum atomic E-state index is 14.3. The van der Waals surface area contributed by atoms with E-state index in [-0.39, 0.29) is 24.3 Å². The van der Waals surface area contributed by atoms with Crippen LogP contribution in [0, 0.1) is 17.1 Å². The number of nitrogens with one attached hydrogen (secondary N) is 1. The molecule has 6 rings (SSSR count). The van der Waals surface area contributed by atoms with Gasteiger partial charge in [-0.3, -0.25) is 4.79 Å². The highest BCUT2D eigenvalue weighted by Crippen LogP contribution is 2.31. The summed E-state index contributed by atoms with van der Waals surface area (Å²) in [5.74, 6) is 0.279. The molecule has 0 saturated carbocycles. The van der Waals surface area contributed by atoms with Crippen molar-refractivity contribution in [3.63, 3.8) is 0 Å². The Morgan fingerprint density at radius 3 is 2.52 bits per heavy atom. The Morgan fingerprint density at radius 2 is 1.75 bits per heavy atom. The van der Waals surface area contributed by atoms with Crippen LogP contribution in [0.1, 0.15) is 47.2 Å². The van der Waals surface area contributed by atoms with Gasteiger partial charge in [-0.1, -0.05) is 36.4 Å². The smallest absolute Gasteiger partial charge is 0.254 e. The van der Waals surface area contributed by atoms with E-state index in [1.807, 2.05) is 41.3 Å². The van der Waals surface area contributed by atoms with E-state index in [1.54, 1.807) is 30.3 Å². The van der Waals surface area contributed by atoms with Crippen LogP contribution in [0.25, 0.3) is 22.0 Å². The van der Waals surface area contributed by atoms with Crippen molar-refractivity contribution in [2.75, 3.05) is 31.5 Å². The summed E-state index contributed by atoms with van der Waals surface area (Å²) in [6.45, 7) is 4.14. The molecule has 1 amide bonds. The molecule has 2 saturated heterocycles. The minimum atomic E-state index is -0.277. The summed E-state index contributed by atoms with van der Waals surface area (Å²) in [5, 5.41) is 13.2. The number of anilines is 1. The lowest BCUT2D eigenvalue weighted by Gasteiger charge is -2.29. The molecule has 0 radical (unpaired) electrons. The van der Waals surface area contributed by atoms with Crippen LogP contribution < -0.4 is 5.32 Å². The zero-order valence-corrected chi connectivity index (χ0v) is 22.4. The molecular weight excluding hydrogens is 501 g/mol. The van der Waals surface area contributed by atoms with Crippen molar-refractivity contribution in [1.82, 2.24) is 14.8 Å². The van der Waals surface area contributed by atoms with Gasteiger partial charge in [0, 0.05) is 36.6 Å². The van der Waals surface area contributed by atoms with Gasteiger partial charge in [0.05, 0.1) is 22.7 Å². The number of halogens is 1.